The first-order valence-corrected chi connectivity index (χ1v) is 8.70. The van der Waals surface area contributed by atoms with Crippen LogP contribution in [0, 0.1) is 0 Å². The van der Waals surface area contributed by atoms with Crippen molar-refractivity contribution in [2.75, 3.05) is 11.1 Å². The molecule has 0 radical (unpaired) electrons. The zero-order chi connectivity index (χ0) is 17.0. The van der Waals surface area contributed by atoms with Crippen LogP contribution in [0.3, 0.4) is 0 Å². The number of hydrogen-bond acceptors (Lipinski definition) is 5. The van der Waals surface area contributed by atoms with E-state index in [2.05, 4.69) is 15.5 Å². The van der Waals surface area contributed by atoms with Gasteiger partial charge in [-0.05, 0) is 17.7 Å². The molecule has 0 bridgehead atoms. The zero-order valence-corrected chi connectivity index (χ0v) is 14.3. The van der Waals surface area contributed by atoms with E-state index >= 15 is 0 Å². The minimum absolute atomic E-state index is 0.0416. The molecule has 1 heterocycles. The molecule has 0 aliphatic rings. The molecule has 0 saturated heterocycles. The Morgan fingerprint density at radius 2 is 2.04 bits per heavy atom. The minimum Gasteiger partial charge on any atom is -0.300 e. The molecule has 0 atom stereocenters. The number of anilines is 1. The zero-order valence-electron chi connectivity index (χ0n) is 11.2. The van der Waals surface area contributed by atoms with E-state index in [4.69, 9.17) is 23.2 Å². The van der Waals surface area contributed by atoms with Crippen LogP contribution >= 0.6 is 46.3 Å². The molecule has 1 N–H and O–H groups in total. The van der Waals surface area contributed by atoms with Gasteiger partial charge in [0.2, 0.25) is 16.0 Å². The van der Waals surface area contributed by atoms with Gasteiger partial charge in [-0.3, -0.25) is 10.1 Å². The summed E-state index contributed by atoms with van der Waals surface area (Å²) in [6, 6.07) is 5.03. The molecular formula is C12H8Cl2F3N3OS2. The quantitative estimate of drug-likeness (QED) is 0.786. The molecule has 4 nitrogen and oxygen atoms in total. The fourth-order valence-corrected chi connectivity index (χ4v) is 3.45. The van der Waals surface area contributed by atoms with Crippen LogP contribution in [-0.4, -0.2) is 21.9 Å². The molecule has 1 aromatic heterocycles. The van der Waals surface area contributed by atoms with Crippen molar-refractivity contribution in [3.63, 3.8) is 0 Å². The molecule has 2 rings (SSSR count). The average molecular weight is 402 g/mol. The van der Waals surface area contributed by atoms with Crippen molar-refractivity contribution in [1.29, 1.82) is 0 Å². The van der Waals surface area contributed by atoms with Gasteiger partial charge in [0.1, 0.15) is 0 Å². The van der Waals surface area contributed by atoms with Gasteiger partial charge in [-0.2, -0.15) is 13.2 Å². The first-order chi connectivity index (χ1) is 10.8. The molecule has 0 fully saturated rings. The number of carbonyl (C=O) groups is 1. The van der Waals surface area contributed by atoms with E-state index in [1.54, 1.807) is 18.2 Å². The van der Waals surface area contributed by atoms with E-state index in [1.165, 1.54) is 11.8 Å². The highest BCUT2D eigenvalue weighted by molar-refractivity contribution is 7.99. The summed E-state index contributed by atoms with van der Waals surface area (Å²) in [7, 11) is 0. The smallest absolute Gasteiger partial charge is 0.300 e. The van der Waals surface area contributed by atoms with E-state index in [-0.39, 0.29) is 22.2 Å². The number of amides is 1. The Morgan fingerprint density at radius 1 is 1.30 bits per heavy atom. The predicted octanol–water partition coefficient (Wildman–Crippen LogP) is 4.74. The summed E-state index contributed by atoms with van der Waals surface area (Å²) < 4.78 is 37.1. The minimum atomic E-state index is -4.57. The summed E-state index contributed by atoms with van der Waals surface area (Å²) in [4.78, 5) is 11.7. The third-order valence-corrected chi connectivity index (χ3v) is 4.87. The molecule has 0 aliphatic heterocycles. The topological polar surface area (TPSA) is 54.9 Å². The van der Waals surface area contributed by atoms with Crippen molar-refractivity contribution in [3.8, 4) is 0 Å². The summed E-state index contributed by atoms with van der Waals surface area (Å²) in [6.07, 6.45) is -4.57. The number of benzene rings is 1. The largest absolute Gasteiger partial charge is 0.445 e. The lowest BCUT2D eigenvalue weighted by Crippen LogP contribution is -2.14. The van der Waals surface area contributed by atoms with Gasteiger partial charge in [0.15, 0.2) is 0 Å². The Morgan fingerprint density at radius 3 is 2.65 bits per heavy atom. The SMILES string of the molecule is O=C(CSCc1ccc(Cl)cc1Cl)Nc1nnc(C(F)(F)F)s1. The first-order valence-electron chi connectivity index (χ1n) is 5.98. The number of carbonyl (C=O) groups excluding carboxylic acids is 1. The summed E-state index contributed by atoms with van der Waals surface area (Å²) in [5.41, 5.74) is 0.809. The number of alkyl halides is 3. The highest BCUT2D eigenvalue weighted by Crippen LogP contribution is 2.33. The van der Waals surface area contributed by atoms with Gasteiger partial charge in [-0.1, -0.05) is 40.6 Å². The monoisotopic (exact) mass is 401 g/mol. The number of rotatable bonds is 5. The van der Waals surface area contributed by atoms with Crippen molar-refractivity contribution >= 4 is 57.3 Å². The van der Waals surface area contributed by atoms with Crippen LogP contribution in [-0.2, 0) is 16.7 Å². The van der Waals surface area contributed by atoms with Crippen LogP contribution in [0.15, 0.2) is 18.2 Å². The van der Waals surface area contributed by atoms with Gasteiger partial charge in [-0.25, -0.2) is 0 Å². The number of halogens is 5. The van der Waals surface area contributed by atoms with Crippen molar-refractivity contribution in [1.82, 2.24) is 10.2 Å². The second-order valence-electron chi connectivity index (χ2n) is 4.19. The Kier molecular flexibility index (Phi) is 6.12. The molecule has 124 valence electrons. The third-order valence-electron chi connectivity index (χ3n) is 2.42. The summed E-state index contributed by atoms with van der Waals surface area (Å²) in [5.74, 6) is 0.0395. The number of aromatic nitrogens is 2. The maximum absolute atomic E-state index is 12.4. The van der Waals surface area contributed by atoms with Crippen molar-refractivity contribution in [3.05, 3.63) is 38.8 Å². The maximum Gasteiger partial charge on any atom is 0.445 e. The number of nitrogens with zero attached hydrogens (tertiary/aromatic N) is 2. The van der Waals surface area contributed by atoms with Gasteiger partial charge in [0.25, 0.3) is 0 Å². The molecule has 1 aromatic carbocycles. The van der Waals surface area contributed by atoms with Gasteiger partial charge in [0, 0.05) is 15.8 Å². The molecule has 0 aliphatic carbocycles. The molecule has 0 spiro atoms. The van der Waals surface area contributed by atoms with E-state index in [9.17, 15) is 18.0 Å². The summed E-state index contributed by atoms with van der Waals surface area (Å²) >= 11 is 13.3. The molecule has 23 heavy (non-hydrogen) atoms. The number of nitrogens with one attached hydrogen (secondary N) is 1. The van der Waals surface area contributed by atoms with E-state index in [0.717, 1.165) is 5.56 Å². The maximum atomic E-state index is 12.4. The standard InChI is InChI=1S/C12H8Cl2F3N3OS2/c13-7-2-1-6(8(14)3-7)4-22-5-9(21)18-11-20-19-10(23-11)12(15,16)17/h1-3H,4-5H2,(H,18,20,21). The second-order valence-corrected chi connectivity index (χ2v) is 6.99. The first kappa shape index (κ1) is 18.3. The average Bonchev–Trinajstić information content (AvgIpc) is 2.89. The van der Waals surface area contributed by atoms with Crippen LogP contribution < -0.4 is 5.32 Å². The predicted molar refractivity (Wildman–Crippen MR) is 86.2 cm³/mol. The highest BCUT2D eigenvalue weighted by Gasteiger charge is 2.35. The van der Waals surface area contributed by atoms with Crippen LogP contribution in [0.25, 0.3) is 0 Å². The number of hydrogen-bond donors (Lipinski definition) is 1. The summed E-state index contributed by atoms with van der Waals surface area (Å²) in [6.45, 7) is 0. The van der Waals surface area contributed by atoms with Gasteiger partial charge >= 0.3 is 6.18 Å². The van der Waals surface area contributed by atoms with Crippen molar-refractivity contribution < 1.29 is 18.0 Å². The van der Waals surface area contributed by atoms with Gasteiger partial charge in [-0.15, -0.1) is 22.0 Å². The Bertz CT molecular complexity index is 709. The van der Waals surface area contributed by atoms with E-state index in [1.807, 2.05) is 0 Å². The molecule has 2 aromatic rings. The van der Waals surface area contributed by atoms with Crippen molar-refractivity contribution in [2.24, 2.45) is 0 Å². The molecule has 0 unspecified atom stereocenters. The Balaban J connectivity index is 1.82. The van der Waals surface area contributed by atoms with Crippen LogP contribution in [0.5, 0.6) is 0 Å². The fourth-order valence-electron chi connectivity index (χ4n) is 1.44. The normalized spacial score (nSPS) is 11.5. The molecule has 11 heteroatoms. The Hall–Kier alpha value is -1.03. The number of thioether (sulfide) groups is 1. The van der Waals surface area contributed by atoms with E-state index < -0.39 is 17.1 Å². The summed E-state index contributed by atoms with van der Waals surface area (Å²) in [5, 5.41) is 8.25. The van der Waals surface area contributed by atoms with Crippen molar-refractivity contribution in [2.45, 2.75) is 11.9 Å². The fraction of sp³-hybridized carbons (Fsp3) is 0.250. The van der Waals surface area contributed by atoms with E-state index in [0.29, 0.717) is 15.8 Å². The third kappa shape index (κ3) is 5.52. The van der Waals surface area contributed by atoms with Crippen LogP contribution in [0.1, 0.15) is 10.6 Å². The molecule has 0 saturated carbocycles. The second kappa shape index (κ2) is 7.69. The Labute approximate surface area is 147 Å². The van der Waals surface area contributed by atoms with Gasteiger partial charge < -0.3 is 0 Å². The van der Waals surface area contributed by atoms with Gasteiger partial charge in [0.05, 0.1) is 5.75 Å². The lowest BCUT2D eigenvalue weighted by molar-refractivity contribution is -0.138. The lowest BCUT2D eigenvalue weighted by Gasteiger charge is -2.05. The lowest BCUT2D eigenvalue weighted by atomic mass is 10.2. The van der Waals surface area contributed by atoms with Crippen LogP contribution in [0.2, 0.25) is 10.0 Å². The van der Waals surface area contributed by atoms with Crippen LogP contribution in [0.4, 0.5) is 18.3 Å². The molecule has 1 amide bonds. The molecular weight excluding hydrogens is 394 g/mol. The highest BCUT2D eigenvalue weighted by atomic mass is 35.5.